The molecule has 1 aliphatic carbocycles. The maximum Gasteiger partial charge on any atom is 0.339 e. The van der Waals surface area contributed by atoms with Gasteiger partial charge in [0.15, 0.2) is 0 Å². The number of carbonyl (C=O) groups is 4. The lowest BCUT2D eigenvalue weighted by atomic mass is 9.93. The summed E-state index contributed by atoms with van der Waals surface area (Å²) in [7, 11) is 0. The van der Waals surface area contributed by atoms with Crippen LogP contribution in [0.1, 0.15) is 44.6 Å². The van der Waals surface area contributed by atoms with Crippen LogP contribution in [0.3, 0.4) is 0 Å². The van der Waals surface area contributed by atoms with Crippen LogP contribution in [-0.4, -0.2) is 52.7 Å². The average molecular weight is 482 g/mol. The van der Waals surface area contributed by atoms with Crippen LogP contribution >= 0.6 is 0 Å². The lowest BCUT2D eigenvalue weighted by Crippen LogP contribution is -2.47. The molecule has 1 saturated carbocycles. The summed E-state index contributed by atoms with van der Waals surface area (Å²) in [5, 5.41) is 0. The van der Waals surface area contributed by atoms with Crippen molar-refractivity contribution in [3.63, 3.8) is 0 Å². The molecule has 0 N–H and O–H groups in total. The van der Waals surface area contributed by atoms with Crippen LogP contribution in [-0.2, 0) is 20.9 Å². The van der Waals surface area contributed by atoms with Crippen LogP contribution in [0.25, 0.3) is 0 Å². The highest BCUT2D eigenvalue weighted by molar-refractivity contribution is 6.53. The summed E-state index contributed by atoms with van der Waals surface area (Å²) in [6.07, 6.45) is 4.64. The Morgan fingerprint density at radius 2 is 1.69 bits per heavy atom. The third-order valence-corrected chi connectivity index (χ3v) is 6.35. The molecule has 2 aromatic carbocycles. The Morgan fingerprint density at radius 1 is 1.00 bits per heavy atom. The predicted molar refractivity (Wildman–Crippen MR) is 126 cm³/mol. The molecule has 0 atom stereocenters. The van der Waals surface area contributed by atoms with E-state index < -0.39 is 30.3 Å². The quantitative estimate of drug-likeness (QED) is 0.422. The number of imide groups is 2. The van der Waals surface area contributed by atoms with E-state index in [1.165, 1.54) is 18.2 Å². The van der Waals surface area contributed by atoms with E-state index in [1.54, 1.807) is 42.2 Å². The van der Waals surface area contributed by atoms with Crippen LogP contribution in [0.15, 0.2) is 48.5 Å². The van der Waals surface area contributed by atoms with Gasteiger partial charge in [-0.05, 0) is 49.6 Å². The van der Waals surface area contributed by atoms with Gasteiger partial charge in [-0.25, -0.2) is 19.0 Å². The van der Waals surface area contributed by atoms with Gasteiger partial charge in [-0.1, -0.05) is 43.5 Å². The summed E-state index contributed by atoms with van der Waals surface area (Å²) in [5.41, 5.74) is 0.899. The van der Waals surface area contributed by atoms with Gasteiger partial charge < -0.3 is 9.64 Å². The topological polar surface area (TPSA) is 87.2 Å². The van der Waals surface area contributed by atoms with Crippen molar-refractivity contribution in [3.05, 3.63) is 59.9 Å². The average Bonchev–Trinajstić information content (AvgIpc) is 3.07. The van der Waals surface area contributed by atoms with Crippen molar-refractivity contribution in [3.8, 4) is 5.75 Å². The maximum absolute atomic E-state index is 13.4. The van der Waals surface area contributed by atoms with Crippen molar-refractivity contribution >= 4 is 29.4 Å². The molecular formula is C26H28FN3O5. The van der Waals surface area contributed by atoms with Crippen molar-refractivity contribution in [1.29, 1.82) is 0 Å². The SMILES string of the molecule is CCOc1ccccc1N1C(=O)C(=O)N(CC(=O)N(Cc2ccc(F)cc2)C2CCCCC2)C1=O. The second kappa shape index (κ2) is 10.7. The molecule has 4 rings (SSSR count). The summed E-state index contributed by atoms with van der Waals surface area (Å²) in [6, 6.07) is 11.4. The molecule has 1 heterocycles. The summed E-state index contributed by atoms with van der Waals surface area (Å²) in [4.78, 5) is 55.2. The van der Waals surface area contributed by atoms with Crippen LogP contribution in [0.4, 0.5) is 14.9 Å². The van der Waals surface area contributed by atoms with Crippen molar-refractivity contribution in [2.45, 2.75) is 51.6 Å². The molecule has 2 fully saturated rings. The van der Waals surface area contributed by atoms with Crippen LogP contribution in [0.5, 0.6) is 5.75 Å². The number of para-hydroxylation sites is 2. The van der Waals surface area contributed by atoms with E-state index in [4.69, 9.17) is 4.74 Å². The largest absolute Gasteiger partial charge is 0.492 e. The molecule has 8 nitrogen and oxygen atoms in total. The van der Waals surface area contributed by atoms with E-state index in [1.807, 2.05) is 0 Å². The fourth-order valence-electron chi connectivity index (χ4n) is 4.60. The Balaban J connectivity index is 1.56. The van der Waals surface area contributed by atoms with Gasteiger partial charge in [0.05, 0.1) is 12.3 Å². The molecule has 0 bridgehead atoms. The van der Waals surface area contributed by atoms with Crippen molar-refractivity contribution < 1.29 is 28.3 Å². The van der Waals surface area contributed by atoms with E-state index in [0.717, 1.165) is 42.6 Å². The van der Waals surface area contributed by atoms with Crippen LogP contribution < -0.4 is 9.64 Å². The zero-order valence-corrected chi connectivity index (χ0v) is 19.6. The number of rotatable bonds is 8. The highest BCUT2D eigenvalue weighted by Crippen LogP contribution is 2.32. The van der Waals surface area contributed by atoms with Gasteiger partial charge in [0.2, 0.25) is 5.91 Å². The van der Waals surface area contributed by atoms with Gasteiger partial charge in [-0.15, -0.1) is 0 Å². The van der Waals surface area contributed by atoms with Gasteiger partial charge in [0, 0.05) is 12.6 Å². The zero-order chi connectivity index (χ0) is 24.9. The minimum atomic E-state index is -1.06. The van der Waals surface area contributed by atoms with Gasteiger partial charge in [0.25, 0.3) is 0 Å². The number of benzene rings is 2. The van der Waals surface area contributed by atoms with E-state index in [0.29, 0.717) is 11.5 Å². The molecule has 9 heteroatoms. The first kappa shape index (κ1) is 24.4. The molecule has 2 aromatic rings. The number of carbonyl (C=O) groups excluding carboxylic acids is 4. The molecular weight excluding hydrogens is 453 g/mol. The molecule has 0 radical (unpaired) electrons. The molecule has 0 aromatic heterocycles. The smallest absolute Gasteiger partial charge is 0.339 e. The summed E-state index contributed by atoms with van der Waals surface area (Å²) < 4.78 is 18.9. The maximum atomic E-state index is 13.4. The molecule has 35 heavy (non-hydrogen) atoms. The first-order valence-corrected chi connectivity index (χ1v) is 11.9. The van der Waals surface area contributed by atoms with E-state index in [2.05, 4.69) is 0 Å². The standard InChI is InChI=1S/C26H28FN3O5/c1-2-35-22-11-7-6-10-21(22)30-25(33)24(32)29(26(30)34)17-23(31)28(20-8-4-3-5-9-20)16-18-12-14-19(27)15-13-18/h6-7,10-15,20H,2-5,8-9,16-17H2,1H3. The summed E-state index contributed by atoms with van der Waals surface area (Å²) in [5.74, 6) is -2.60. The molecule has 184 valence electrons. The predicted octanol–water partition coefficient (Wildman–Crippen LogP) is 3.88. The number of anilines is 1. The zero-order valence-electron chi connectivity index (χ0n) is 19.6. The normalized spacial score (nSPS) is 16.7. The number of hydrogen-bond acceptors (Lipinski definition) is 5. The van der Waals surface area contributed by atoms with Gasteiger partial charge in [-0.2, -0.15) is 0 Å². The minimum Gasteiger partial charge on any atom is -0.492 e. The van der Waals surface area contributed by atoms with Gasteiger partial charge >= 0.3 is 17.8 Å². The summed E-state index contributed by atoms with van der Waals surface area (Å²) in [6.45, 7) is 1.75. The Hall–Kier alpha value is -3.75. The van der Waals surface area contributed by atoms with E-state index in [-0.39, 0.29) is 29.8 Å². The number of urea groups is 1. The number of halogens is 1. The molecule has 1 aliphatic heterocycles. The number of nitrogens with zero attached hydrogens (tertiary/aromatic N) is 3. The monoisotopic (exact) mass is 481 g/mol. The van der Waals surface area contributed by atoms with E-state index in [9.17, 15) is 23.6 Å². The highest BCUT2D eigenvalue weighted by atomic mass is 19.1. The van der Waals surface area contributed by atoms with Crippen LogP contribution in [0.2, 0.25) is 0 Å². The number of ether oxygens (including phenoxy) is 1. The number of hydrogen-bond donors (Lipinski definition) is 0. The molecule has 1 saturated heterocycles. The van der Waals surface area contributed by atoms with E-state index >= 15 is 0 Å². The molecule has 5 amide bonds. The lowest BCUT2D eigenvalue weighted by molar-refractivity contribution is -0.143. The lowest BCUT2D eigenvalue weighted by Gasteiger charge is -2.35. The molecule has 2 aliphatic rings. The fourth-order valence-corrected chi connectivity index (χ4v) is 4.60. The number of amides is 5. The Morgan fingerprint density at radius 3 is 2.37 bits per heavy atom. The Kier molecular flexibility index (Phi) is 7.43. The molecule has 0 spiro atoms. The Bertz CT molecular complexity index is 1110. The van der Waals surface area contributed by atoms with Crippen molar-refractivity contribution in [2.24, 2.45) is 0 Å². The first-order chi connectivity index (χ1) is 16.9. The first-order valence-electron chi connectivity index (χ1n) is 11.9. The minimum absolute atomic E-state index is 0.0559. The fraction of sp³-hybridized carbons (Fsp3) is 0.385. The third kappa shape index (κ3) is 5.18. The third-order valence-electron chi connectivity index (χ3n) is 6.35. The second-order valence-electron chi connectivity index (χ2n) is 8.66. The Labute approximate surface area is 203 Å². The highest BCUT2D eigenvalue weighted by Gasteiger charge is 2.47. The van der Waals surface area contributed by atoms with Crippen molar-refractivity contribution in [1.82, 2.24) is 9.80 Å². The van der Waals surface area contributed by atoms with Gasteiger partial charge in [0.1, 0.15) is 18.1 Å². The molecule has 0 unspecified atom stereocenters. The summed E-state index contributed by atoms with van der Waals surface area (Å²) >= 11 is 0. The van der Waals surface area contributed by atoms with Crippen molar-refractivity contribution in [2.75, 3.05) is 18.1 Å². The van der Waals surface area contributed by atoms with Gasteiger partial charge in [-0.3, -0.25) is 14.4 Å². The second-order valence-corrected chi connectivity index (χ2v) is 8.66. The van der Waals surface area contributed by atoms with Crippen LogP contribution in [0, 0.1) is 5.82 Å².